The first-order chi connectivity index (χ1) is 13.7. The van der Waals surface area contributed by atoms with E-state index in [1.165, 1.54) is 10.9 Å². The molecule has 1 atom stereocenters. The number of aryl methyl sites for hydroxylation is 2. The van der Waals surface area contributed by atoms with Crippen LogP contribution in [0.5, 0.6) is 0 Å². The van der Waals surface area contributed by atoms with Gasteiger partial charge in [0, 0.05) is 55.6 Å². The number of aromatic nitrogens is 3. The third-order valence-electron chi connectivity index (χ3n) is 5.72. The molecule has 0 radical (unpaired) electrons. The SMILES string of the molecule is COCc1ncc(C)n1C1CCN(C(=O)CCCc2c[nH]c3ccccc23)C1. The number of imidazole rings is 1. The van der Waals surface area contributed by atoms with E-state index in [2.05, 4.69) is 45.9 Å². The summed E-state index contributed by atoms with van der Waals surface area (Å²) in [5, 5.41) is 1.26. The molecule has 1 saturated heterocycles. The van der Waals surface area contributed by atoms with Gasteiger partial charge in [-0.25, -0.2) is 4.98 Å². The van der Waals surface area contributed by atoms with Gasteiger partial charge in [0.2, 0.25) is 5.91 Å². The van der Waals surface area contributed by atoms with Crippen LogP contribution in [0.2, 0.25) is 0 Å². The van der Waals surface area contributed by atoms with Gasteiger partial charge in [-0.05, 0) is 37.8 Å². The molecule has 0 aliphatic carbocycles. The maximum Gasteiger partial charge on any atom is 0.222 e. The number of fused-ring (bicyclic) bond motifs is 1. The summed E-state index contributed by atoms with van der Waals surface area (Å²) in [6.45, 7) is 4.15. The second-order valence-electron chi connectivity index (χ2n) is 7.61. The van der Waals surface area contributed by atoms with E-state index in [0.717, 1.165) is 49.4 Å². The summed E-state index contributed by atoms with van der Waals surface area (Å²) in [7, 11) is 1.69. The highest BCUT2D eigenvalue weighted by atomic mass is 16.5. The number of benzene rings is 1. The van der Waals surface area contributed by atoms with Crippen molar-refractivity contribution >= 4 is 16.8 Å². The van der Waals surface area contributed by atoms with Crippen molar-refractivity contribution in [1.29, 1.82) is 0 Å². The minimum Gasteiger partial charge on any atom is -0.377 e. The standard InChI is InChI=1S/C22H28N4O2/c1-16-12-24-21(15-28-2)26(16)18-10-11-25(14-18)22(27)9-5-6-17-13-23-20-8-4-3-7-19(17)20/h3-4,7-8,12-13,18,23H,5-6,9-11,14-15H2,1-2H3. The second-order valence-corrected chi connectivity index (χ2v) is 7.61. The Labute approximate surface area is 165 Å². The predicted octanol–water partition coefficient (Wildman–Crippen LogP) is 3.62. The molecule has 0 saturated carbocycles. The van der Waals surface area contributed by atoms with Gasteiger partial charge in [0.25, 0.3) is 0 Å². The largest absolute Gasteiger partial charge is 0.377 e. The molecular weight excluding hydrogens is 352 g/mol. The summed E-state index contributed by atoms with van der Waals surface area (Å²) >= 11 is 0. The van der Waals surface area contributed by atoms with Crippen LogP contribution in [0.3, 0.4) is 0 Å². The lowest BCUT2D eigenvalue weighted by Crippen LogP contribution is -2.29. The predicted molar refractivity (Wildman–Crippen MR) is 109 cm³/mol. The Morgan fingerprint density at radius 2 is 2.21 bits per heavy atom. The fraction of sp³-hybridized carbons (Fsp3) is 0.455. The molecule has 0 bridgehead atoms. The lowest BCUT2D eigenvalue weighted by molar-refractivity contribution is -0.130. The maximum atomic E-state index is 12.7. The summed E-state index contributed by atoms with van der Waals surface area (Å²) in [6, 6.07) is 8.62. The Bertz CT molecular complexity index is 959. The van der Waals surface area contributed by atoms with E-state index in [4.69, 9.17) is 4.74 Å². The van der Waals surface area contributed by atoms with Crippen LogP contribution in [0, 0.1) is 6.92 Å². The van der Waals surface area contributed by atoms with Crippen molar-refractivity contribution in [3.63, 3.8) is 0 Å². The van der Waals surface area contributed by atoms with E-state index in [1.807, 2.05) is 17.2 Å². The molecule has 4 rings (SSSR count). The molecule has 1 aliphatic heterocycles. The zero-order valence-corrected chi connectivity index (χ0v) is 16.6. The van der Waals surface area contributed by atoms with E-state index in [-0.39, 0.29) is 5.91 Å². The highest BCUT2D eigenvalue weighted by molar-refractivity contribution is 5.83. The molecule has 1 aromatic carbocycles. The average molecular weight is 380 g/mol. The number of nitrogens with one attached hydrogen (secondary N) is 1. The number of carbonyl (C=O) groups is 1. The number of amides is 1. The van der Waals surface area contributed by atoms with Crippen LogP contribution >= 0.6 is 0 Å². The van der Waals surface area contributed by atoms with Crippen molar-refractivity contribution in [3.05, 3.63) is 53.7 Å². The number of ether oxygens (including phenoxy) is 1. The molecule has 148 valence electrons. The van der Waals surface area contributed by atoms with Gasteiger partial charge in [0.05, 0.1) is 6.04 Å². The molecule has 0 spiro atoms. The van der Waals surface area contributed by atoms with Crippen LogP contribution < -0.4 is 0 Å². The number of para-hydroxylation sites is 1. The van der Waals surface area contributed by atoms with Crippen molar-refractivity contribution in [2.45, 2.75) is 45.3 Å². The van der Waals surface area contributed by atoms with Gasteiger partial charge in [0.1, 0.15) is 12.4 Å². The highest BCUT2D eigenvalue weighted by Gasteiger charge is 2.29. The van der Waals surface area contributed by atoms with Crippen LogP contribution in [-0.2, 0) is 22.6 Å². The fourth-order valence-electron chi connectivity index (χ4n) is 4.34. The summed E-state index contributed by atoms with van der Waals surface area (Å²) in [6.07, 6.45) is 7.33. The molecule has 6 heteroatoms. The Morgan fingerprint density at radius 1 is 1.36 bits per heavy atom. The van der Waals surface area contributed by atoms with Gasteiger partial charge >= 0.3 is 0 Å². The molecule has 6 nitrogen and oxygen atoms in total. The molecular formula is C22H28N4O2. The van der Waals surface area contributed by atoms with E-state index in [0.29, 0.717) is 19.1 Å². The Balaban J connectivity index is 1.32. The van der Waals surface area contributed by atoms with E-state index >= 15 is 0 Å². The zero-order valence-electron chi connectivity index (χ0n) is 16.6. The van der Waals surface area contributed by atoms with Crippen LogP contribution in [0.25, 0.3) is 10.9 Å². The minimum absolute atomic E-state index is 0.258. The third-order valence-corrected chi connectivity index (χ3v) is 5.72. The molecule has 2 aromatic heterocycles. The molecule has 3 aromatic rings. The highest BCUT2D eigenvalue weighted by Crippen LogP contribution is 2.26. The number of methoxy groups -OCH3 is 1. The van der Waals surface area contributed by atoms with Gasteiger partial charge in [-0.1, -0.05) is 18.2 Å². The molecule has 1 fully saturated rings. The number of hydrogen-bond acceptors (Lipinski definition) is 3. The topological polar surface area (TPSA) is 63.1 Å². The van der Waals surface area contributed by atoms with Crippen LogP contribution in [0.1, 0.15) is 42.4 Å². The van der Waals surface area contributed by atoms with Crippen molar-refractivity contribution in [1.82, 2.24) is 19.4 Å². The normalized spacial score (nSPS) is 16.9. The van der Waals surface area contributed by atoms with E-state index in [1.54, 1.807) is 7.11 Å². The Kier molecular flexibility index (Phi) is 5.48. The first-order valence-electron chi connectivity index (χ1n) is 10.0. The van der Waals surface area contributed by atoms with Gasteiger partial charge in [0.15, 0.2) is 0 Å². The number of carbonyl (C=O) groups excluding carboxylic acids is 1. The maximum absolute atomic E-state index is 12.7. The monoisotopic (exact) mass is 380 g/mol. The van der Waals surface area contributed by atoms with Gasteiger partial charge in [-0.3, -0.25) is 4.79 Å². The molecule has 1 aliphatic rings. The van der Waals surface area contributed by atoms with E-state index < -0.39 is 0 Å². The first kappa shape index (κ1) is 18.7. The molecule has 3 heterocycles. The molecule has 1 amide bonds. The van der Waals surface area contributed by atoms with E-state index in [9.17, 15) is 4.79 Å². The minimum atomic E-state index is 0.258. The first-order valence-corrected chi connectivity index (χ1v) is 10.0. The molecule has 28 heavy (non-hydrogen) atoms. The number of nitrogens with zero attached hydrogens (tertiary/aromatic N) is 3. The zero-order chi connectivity index (χ0) is 19.5. The Hall–Kier alpha value is -2.60. The van der Waals surface area contributed by atoms with Crippen LogP contribution in [0.4, 0.5) is 0 Å². The summed E-state index contributed by atoms with van der Waals surface area (Å²) in [5.41, 5.74) is 3.58. The van der Waals surface area contributed by atoms with Crippen molar-refractivity contribution < 1.29 is 9.53 Å². The lowest BCUT2D eigenvalue weighted by Gasteiger charge is -2.19. The summed E-state index contributed by atoms with van der Waals surface area (Å²) < 4.78 is 7.51. The smallest absolute Gasteiger partial charge is 0.222 e. The molecule has 1 N–H and O–H groups in total. The van der Waals surface area contributed by atoms with Gasteiger partial charge < -0.3 is 19.2 Å². The summed E-state index contributed by atoms with van der Waals surface area (Å²) in [4.78, 5) is 22.5. The van der Waals surface area contributed by atoms with Crippen molar-refractivity contribution in [3.8, 4) is 0 Å². The van der Waals surface area contributed by atoms with Gasteiger partial charge in [-0.2, -0.15) is 0 Å². The number of H-pyrrole nitrogens is 1. The third kappa shape index (κ3) is 3.69. The van der Waals surface area contributed by atoms with Crippen LogP contribution in [0.15, 0.2) is 36.7 Å². The second kappa shape index (κ2) is 8.19. The summed E-state index contributed by atoms with van der Waals surface area (Å²) in [5.74, 6) is 1.20. The van der Waals surface area contributed by atoms with Crippen molar-refractivity contribution in [2.75, 3.05) is 20.2 Å². The Morgan fingerprint density at radius 3 is 3.07 bits per heavy atom. The van der Waals surface area contributed by atoms with Gasteiger partial charge in [-0.15, -0.1) is 0 Å². The number of hydrogen-bond donors (Lipinski definition) is 1. The quantitative estimate of drug-likeness (QED) is 0.681. The molecule has 1 unspecified atom stereocenters. The average Bonchev–Trinajstić information content (AvgIpc) is 3.41. The number of likely N-dealkylation sites (tertiary alicyclic amines) is 1. The lowest BCUT2D eigenvalue weighted by atomic mass is 10.1. The fourth-order valence-corrected chi connectivity index (χ4v) is 4.34. The van der Waals surface area contributed by atoms with Crippen LogP contribution in [-0.4, -0.2) is 45.5 Å². The van der Waals surface area contributed by atoms with Crippen molar-refractivity contribution in [2.24, 2.45) is 0 Å². The number of rotatable bonds is 7. The number of aromatic amines is 1.